The lowest BCUT2D eigenvalue weighted by atomic mass is 9.85. The molecule has 0 unspecified atom stereocenters. The molecule has 0 amide bonds. The Hall–Kier alpha value is -1.00. The van der Waals surface area contributed by atoms with E-state index in [4.69, 9.17) is 0 Å². The van der Waals surface area contributed by atoms with E-state index < -0.39 is 8.32 Å². The van der Waals surface area contributed by atoms with Gasteiger partial charge in [-0.05, 0) is 36.2 Å². The fourth-order valence-electron chi connectivity index (χ4n) is 2.10. The highest BCUT2D eigenvalue weighted by Crippen LogP contribution is 2.40. The van der Waals surface area contributed by atoms with E-state index in [0.29, 0.717) is 5.56 Å². The summed E-state index contributed by atoms with van der Waals surface area (Å²) in [5.74, 6) is 0. The first kappa shape index (κ1) is 17.0. The molecule has 112 valence electrons. The third-order valence-electron chi connectivity index (χ3n) is 4.12. The van der Waals surface area contributed by atoms with Gasteiger partial charge in [-0.25, -0.2) is 0 Å². The number of hydrogen-bond acceptors (Lipinski definition) is 3. The second kappa shape index (κ2) is 5.41. The van der Waals surface area contributed by atoms with Crippen LogP contribution in [0.15, 0.2) is 12.3 Å². The van der Waals surface area contributed by atoms with Crippen LogP contribution in [0.3, 0.4) is 0 Å². The van der Waals surface area contributed by atoms with Crippen molar-refractivity contribution in [1.29, 1.82) is 0 Å². The van der Waals surface area contributed by atoms with Crippen molar-refractivity contribution in [3.63, 3.8) is 0 Å². The van der Waals surface area contributed by atoms with Gasteiger partial charge in [0.05, 0.1) is 0 Å². The van der Waals surface area contributed by atoms with Gasteiger partial charge in [-0.15, -0.1) is 0 Å². The van der Waals surface area contributed by atoms with Gasteiger partial charge in [-0.1, -0.05) is 34.6 Å². The van der Waals surface area contributed by atoms with Crippen LogP contribution < -0.4 is 0 Å². The van der Waals surface area contributed by atoms with Crippen molar-refractivity contribution in [3.8, 4) is 0 Å². The summed E-state index contributed by atoms with van der Waals surface area (Å²) < 4.78 is 0. The van der Waals surface area contributed by atoms with E-state index in [2.05, 4.69) is 39.6 Å². The summed E-state index contributed by atoms with van der Waals surface area (Å²) in [6.45, 7) is 14.5. The monoisotopic (exact) mass is 293 g/mol. The molecule has 3 nitrogen and oxygen atoms in total. The predicted molar refractivity (Wildman–Crippen MR) is 85.8 cm³/mol. The molecule has 4 heteroatoms. The third-order valence-corrected chi connectivity index (χ3v) is 7.61. The molecule has 0 aliphatic heterocycles. The first-order chi connectivity index (χ1) is 8.88. The largest absolute Gasteiger partial charge is 0.432 e. The number of pyridine rings is 1. The Kier molecular flexibility index (Phi) is 4.61. The fourth-order valence-corrected chi connectivity index (χ4v) is 2.72. The van der Waals surface area contributed by atoms with Crippen LogP contribution in [0.5, 0.6) is 0 Å². The molecule has 0 saturated carbocycles. The topological polar surface area (TPSA) is 50.2 Å². The van der Waals surface area contributed by atoms with Gasteiger partial charge in [0, 0.05) is 22.9 Å². The summed E-state index contributed by atoms with van der Waals surface area (Å²) in [7, 11) is -2.29. The Morgan fingerprint density at radius 3 is 2.20 bits per heavy atom. The Balaban J connectivity index is 3.32. The average molecular weight is 293 g/mol. The maximum absolute atomic E-state index is 11.0. The molecule has 0 aliphatic rings. The summed E-state index contributed by atoms with van der Waals surface area (Å²) in [6, 6.07) is 1.92. The van der Waals surface area contributed by atoms with Crippen molar-refractivity contribution in [2.45, 2.75) is 64.6 Å². The van der Waals surface area contributed by atoms with Crippen LogP contribution in [0.4, 0.5) is 0 Å². The minimum absolute atomic E-state index is 0.0754. The van der Waals surface area contributed by atoms with Crippen LogP contribution in [0, 0.1) is 0 Å². The quantitative estimate of drug-likeness (QED) is 0.680. The van der Waals surface area contributed by atoms with Crippen LogP contribution in [-0.4, -0.2) is 24.4 Å². The molecule has 1 aromatic heterocycles. The van der Waals surface area contributed by atoms with Crippen LogP contribution in [-0.2, 0) is 11.8 Å². The third kappa shape index (κ3) is 3.76. The van der Waals surface area contributed by atoms with Crippen LogP contribution >= 0.6 is 0 Å². The molecule has 20 heavy (non-hydrogen) atoms. The van der Waals surface area contributed by atoms with Gasteiger partial charge >= 0.3 is 0 Å². The second-order valence-corrected chi connectivity index (χ2v) is 12.2. The lowest BCUT2D eigenvalue weighted by molar-refractivity contribution is 0.112. The zero-order valence-corrected chi connectivity index (χ0v) is 14.7. The maximum Gasteiger partial charge on any atom is 0.188 e. The summed E-state index contributed by atoms with van der Waals surface area (Å²) in [5.41, 5.74) is 2.60. The van der Waals surface area contributed by atoms with Crippen molar-refractivity contribution in [2.75, 3.05) is 0 Å². The van der Waals surface area contributed by atoms with Crippen LogP contribution in [0.25, 0.3) is 0 Å². The van der Waals surface area contributed by atoms with Crippen molar-refractivity contribution >= 4 is 14.6 Å². The highest BCUT2D eigenvalue weighted by molar-refractivity contribution is 6.72. The fraction of sp³-hybridized carbons (Fsp3) is 0.625. The van der Waals surface area contributed by atoms with E-state index in [1.807, 2.05) is 19.2 Å². The summed E-state index contributed by atoms with van der Waals surface area (Å²) >= 11 is 0. The number of aromatic nitrogens is 1. The molecule has 0 spiro atoms. The highest BCUT2D eigenvalue weighted by atomic mass is 28.4. The van der Waals surface area contributed by atoms with Crippen molar-refractivity contribution in [2.24, 2.45) is 0 Å². The first-order valence-electron chi connectivity index (χ1n) is 7.05. The minimum Gasteiger partial charge on any atom is -0.432 e. The lowest BCUT2D eigenvalue weighted by Gasteiger charge is -2.36. The van der Waals surface area contributed by atoms with Gasteiger partial charge in [-0.3, -0.25) is 9.78 Å². The van der Waals surface area contributed by atoms with Gasteiger partial charge in [0.1, 0.15) is 0 Å². The summed E-state index contributed by atoms with van der Waals surface area (Å²) in [6.07, 6.45) is 3.20. The van der Waals surface area contributed by atoms with Crippen molar-refractivity contribution in [3.05, 3.63) is 29.1 Å². The standard InChI is InChI=1S/C16H27NO2Si/c1-15(2,3)14-13(8-12(11-18)10-17-14)9-16(4,5)20(6,7)19/h8,10-11,19H,9H2,1-7H3. The summed E-state index contributed by atoms with van der Waals surface area (Å²) in [4.78, 5) is 26.0. The minimum atomic E-state index is -2.29. The number of aldehydes is 1. The molecule has 0 fully saturated rings. The van der Waals surface area contributed by atoms with E-state index >= 15 is 0 Å². The Morgan fingerprint density at radius 1 is 1.25 bits per heavy atom. The molecule has 0 saturated heterocycles. The Morgan fingerprint density at radius 2 is 1.80 bits per heavy atom. The highest BCUT2D eigenvalue weighted by Gasteiger charge is 2.39. The van der Waals surface area contributed by atoms with Crippen molar-refractivity contribution < 1.29 is 9.59 Å². The predicted octanol–water partition coefficient (Wildman–Crippen LogP) is 3.71. The molecule has 1 rings (SSSR count). The molecular weight excluding hydrogens is 266 g/mol. The summed E-state index contributed by atoms with van der Waals surface area (Å²) in [5, 5.41) is -0.170. The van der Waals surface area contributed by atoms with Gasteiger partial charge < -0.3 is 4.80 Å². The molecule has 0 bridgehead atoms. The number of nitrogens with zero attached hydrogens (tertiary/aromatic N) is 1. The molecule has 1 aromatic rings. The van der Waals surface area contributed by atoms with Crippen molar-refractivity contribution in [1.82, 2.24) is 4.98 Å². The first-order valence-corrected chi connectivity index (χ1v) is 10.0. The zero-order valence-electron chi connectivity index (χ0n) is 13.7. The van der Waals surface area contributed by atoms with E-state index in [-0.39, 0.29) is 10.5 Å². The second-order valence-electron chi connectivity index (χ2n) is 7.76. The van der Waals surface area contributed by atoms with E-state index in [1.54, 1.807) is 6.20 Å². The van der Waals surface area contributed by atoms with E-state index in [9.17, 15) is 9.59 Å². The van der Waals surface area contributed by atoms with Gasteiger partial charge in [0.25, 0.3) is 0 Å². The lowest BCUT2D eigenvalue weighted by Crippen LogP contribution is -2.40. The SMILES string of the molecule is CC(C)(C)c1ncc(C=O)cc1CC(C)(C)[Si](C)(C)O. The van der Waals surface area contributed by atoms with Crippen LogP contribution in [0.2, 0.25) is 18.1 Å². The molecule has 1 heterocycles. The number of rotatable bonds is 4. The van der Waals surface area contributed by atoms with Gasteiger partial charge in [0.2, 0.25) is 0 Å². The maximum atomic E-state index is 11.0. The average Bonchev–Trinajstić information content (AvgIpc) is 2.25. The molecule has 1 N–H and O–H groups in total. The number of hydrogen-bond donors (Lipinski definition) is 1. The Bertz CT molecular complexity index is 496. The smallest absolute Gasteiger partial charge is 0.188 e. The number of carbonyl (C=O) groups excluding carboxylic acids is 1. The van der Waals surface area contributed by atoms with E-state index in [0.717, 1.165) is 24.0 Å². The molecule has 0 aromatic carbocycles. The molecule has 0 radical (unpaired) electrons. The van der Waals surface area contributed by atoms with Gasteiger partial charge in [0.15, 0.2) is 14.6 Å². The number of carbonyl (C=O) groups is 1. The van der Waals surface area contributed by atoms with Gasteiger partial charge in [-0.2, -0.15) is 0 Å². The van der Waals surface area contributed by atoms with E-state index in [1.165, 1.54) is 0 Å². The normalized spacial score (nSPS) is 13.4. The molecule has 0 aliphatic carbocycles. The molecular formula is C16H27NO2Si. The van der Waals surface area contributed by atoms with Crippen LogP contribution in [0.1, 0.15) is 56.2 Å². The zero-order chi connectivity index (χ0) is 15.8. The Labute approximate surface area is 123 Å². The molecule has 0 atom stereocenters.